The maximum Gasteiger partial charge on any atom is 0.247 e. The van der Waals surface area contributed by atoms with Crippen molar-refractivity contribution in [2.75, 3.05) is 5.32 Å². The minimum Gasteiger partial charge on any atom is -0.360 e. The molecule has 5 nitrogen and oxygen atoms in total. The van der Waals surface area contributed by atoms with Crippen LogP contribution in [0.15, 0.2) is 65.2 Å². The summed E-state index contributed by atoms with van der Waals surface area (Å²) in [4.78, 5) is 12.9. The molecule has 134 valence electrons. The third-order valence-electron chi connectivity index (χ3n) is 4.35. The first kappa shape index (κ1) is 17.9. The number of nitrogens with one attached hydrogen (secondary N) is 2. The molecular weight excluding hydrogens is 326 g/mol. The average molecular weight is 349 g/mol. The molecule has 2 atom stereocenters. The van der Waals surface area contributed by atoms with E-state index >= 15 is 0 Å². The van der Waals surface area contributed by atoms with Crippen LogP contribution in [0.2, 0.25) is 0 Å². The van der Waals surface area contributed by atoms with Crippen LogP contribution in [0.25, 0.3) is 0 Å². The number of nitrogens with zero attached hydrogens (tertiary/aromatic N) is 1. The fourth-order valence-corrected chi connectivity index (χ4v) is 3.00. The Kier molecular flexibility index (Phi) is 5.49. The molecule has 5 heteroatoms. The van der Waals surface area contributed by atoms with E-state index in [0.717, 1.165) is 5.56 Å². The number of hydrogen-bond donors (Lipinski definition) is 2. The van der Waals surface area contributed by atoms with Crippen LogP contribution in [-0.2, 0) is 4.79 Å². The van der Waals surface area contributed by atoms with Crippen molar-refractivity contribution < 1.29 is 9.32 Å². The highest BCUT2D eigenvalue weighted by molar-refractivity contribution is 5.94. The van der Waals surface area contributed by atoms with Crippen molar-refractivity contribution in [3.05, 3.63) is 83.1 Å². The summed E-state index contributed by atoms with van der Waals surface area (Å²) in [5, 5.41) is 10.1. The van der Waals surface area contributed by atoms with Crippen LogP contribution in [0.4, 0.5) is 5.82 Å². The normalized spacial score (nSPS) is 13.2. The summed E-state index contributed by atoms with van der Waals surface area (Å²) in [5.41, 5.74) is 3.25. The Bertz CT molecular complexity index is 874. The third-order valence-corrected chi connectivity index (χ3v) is 4.35. The number of anilines is 1. The Morgan fingerprint density at radius 3 is 2.38 bits per heavy atom. The van der Waals surface area contributed by atoms with Crippen molar-refractivity contribution in [3.63, 3.8) is 0 Å². The first-order chi connectivity index (χ1) is 12.5. The smallest absolute Gasteiger partial charge is 0.247 e. The zero-order chi connectivity index (χ0) is 18.5. The molecular formula is C21H23N3O2. The van der Waals surface area contributed by atoms with Gasteiger partial charge in [0.05, 0.1) is 0 Å². The van der Waals surface area contributed by atoms with Gasteiger partial charge in [-0.15, -0.1) is 0 Å². The lowest BCUT2D eigenvalue weighted by Gasteiger charge is -2.24. The second kappa shape index (κ2) is 7.97. The predicted molar refractivity (Wildman–Crippen MR) is 102 cm³/mol. The quantitative estimate of drug-likeness (QED) is 0.695. The van der Waals surface area contributed by atoms with Crippen LogP contribution in [0.5, 0.6) is 0 Å². The number of carbonyl (C=O) groups is 1. The van der Waals surface area contributed by atoms with E-state index in [-0.39, 0.29) is 11.9 Å². The van der Waals surface area contributed by atoms with Gasteiger partial charge in [-0.1, -0.05) is 59.8 Å². The molecule has 2 N–H and O–H groups in total. The van der Waals surface area contributed by atoms with Crippen LogP contribution in [0.1, 0.15) is 41.5 Å². The first-order valence-corrected chi connectivity index (χ1v) is 8.65. The van der Waals surface area contributed by atoms with Crippen molar-refractivity contribution in [2.45, 2.75) is 32.9 Å². The number of rotatable bonds is 6. The van der Waals surface area contributed by atoms with Crippen molar-refractivity contribution in [1.29, 1.82) is 0 Å². The number of benzene rings is 2. The molecule has 0 bridgehead atoms. The van der Waals surface area contributed by atoms with Crippen LogP contribution < -0.4 is 10.6 Å². The highest BCUT2D eigenvalue weighted by Crippen LogP contribution is 2.23. The summed E-state index contributed by atoms with van der Waals surface area (Å²) in [5.74, 6) is 0.890. The summed E-state index contributed by atoms with van der Waals surface area (Å²) in [6.07, 6.45) is 0. The number of aromatic nitrogens is 1. The molecule has 0 saturated heterocycles. The van der Waals surface area contributed by atoms with E-state index in [4.69, 9.17) is 4.52 Å². The predicted octanol–water partition coefficient (Wildman–Crippen LogP) is 4.32. The minimum absolute atomic E-state index is 0.00574. The first-order valence-electron chi connectivity index (χ1n) is 8.65. The molecule has 0 saturated carbocycles. The van der Waals surface area contributed by atoms with Gasteiger partial charge >= 0.3 is 0 Å². The van der Waals surface area contributed by atoms with Crippen molar-refractivity contribution >= 4 is 11.7 Å². The summed E-state index contributed by atoms with van der Waals surface area (Å²) < 4.78 is 5.03. The largest absolute Gasteiger partial charge is 0.360 e. The van der Waals surface area contributed by atoms with E-state index in [0.29, 0.717) is 11.6 Å². The van der Waals surface area contributed by atoms with E-state index in [1.54, 1.807) is 13.0 Å². The Morgan fingerprint density at radius 1 is 1.04 bits per heavy atom. The van der Waals surface area contributed by atoms with Crippen LogP contribution in [0, 0.1) is 13.8 Å². The highest BCUT2D eigenvalue weighted by Gasteiger charge is 2.24. The molecule has 26 heavy (non-hydrogen) atoms. The molecule has 0 spiro atoms. The standard InChI is InChI=1S/C21H23N3O2/c1-14-9-7-8-12-18(14)16(3)22-20(17-10-5-4-6-11-17)21(25)23-19-13-15(2)26-24-19/h4-13,16,20,22H,1-3H3,(H,23,24,25). The fourth-order valence-electron chi connectivity index (χ4n) is 3.00. The average Bonchev–Trinajstić information content (AvgIpc) is 3.05. The Hall–Kier alpha value is -2.92. The van der Waals surface area contributed by atoms with Gasteiger partial charge in [0.2, 0.25) is 5.91 Å². The molecule has 2 unspecified atom stereocenters. The van der Waals surface area contributed by atoms with Gasteiger partial charge in [-0.25, -0.2) is 0 Å². The fraction of sp³-hybridized carbons (Fsp3) is 0.238. The van der Waals surface area contributed by atoms with Crippen LogP contribution in [0.3, 0.4) is 0 Å². The number of amides is 1. The van der Waals surface area contributed by atoms with Gasteiger partial charge in [-0.05, 0) is 37.5 Å². The minimum atomic E-state index is -0.511. The second-order valence-electron chi connectivity index (χ2n) is 6.40. The Balaban J connectivity index is 1.84. The lowest BCUT2D eigenvalue weighted by atomic mass is 9.99. The van der Waals surface area contributed by atoms with E-state index < -0.39 is 6.04 Å². The molecule has 1 aromatic heterocycles. The monoisotopic (exact) mass is 349 g/mol. The Morgan fingerprint density at radius 2 is 1.73 bits per heavy atom. The summed E-state index contributed by atoms with van der Waals surface area (Å²) >= 11 is 0. The molecule has 0 radical (unpaired) electrons. The molecule has 0 aliphatic heterocycles. The van der Waals surface area contributed by atoms with Gasteiger partial charge in [0, 0.05) is 12.1 Å². The van der Waals surface area contributed by atoms with Gasteiger partial charge in [0.25, 0.3) is 0 Å². The van der Waals surface area contributed by atoms with E-state index in [2.05, 4.69) is 41.8 Å². The van der Waals surface area contributed by atoms with Crippen molar-refractivity contribution in [2.24, 2.45) is 0 Å². The zero-order valence-electron chi connectivity index (χ0n) is 15.2. The van der Waals surface area contributed by atoms with Gasteiger partial charge in [0.15, 0.2) is 5.82 Å². The maximum absolute atomic E-state index is 12.9. The number of carbonyl (C=O) groups excluding carboxylic acids is 1. The second-order valence-corrected chi connectivity index (χ2v) is 6.40. The molecule has 0 aliphatic carbocycles. The molecule has 3 rings (SSSR count). The highest BCUT2D eigenvalue weighted by atomic mass is 16.5. The summed E-state index contributed by atoms with van der Waals surface area (Å²) in [7, 11) is 0. The van der Waals surface area contributed by atoms with Gasteiger partial charge in [-0.2, -0.15) is 0 Å². The number of hydrogen-bond acceptors (Lipinski definition) is 4. The SMILES string of the molecule is Cc1cc(NC(=O)C(NC(C)c2ccccc2C)c2ccccc2)no1. The van der Waals surface area contributed by atoms with Crippen molar-refractivity contribution in [1.82, 2.24) is 10.5 Å². The van der Waals surface area contributed by atoms with E-state index in [1.807, 2.05) is 42.5 Å². The summed E-state index contributed by atoms with van der Waals surface area (Å²) in [6, 6.07) is 19.0. The van der Waals surface area contributed by atoms with Crippen molar-refractivity contribution in [3.8, 4) is 0 Å². The summed E-state index contributed by atoms with van der Waals surface area (Å²) in [6.45, 7) is 5.92. The third kappa shape index (κ3) is 4.18. The number of aryl methyl sites for hydroxylation is 2. The molecule has 3 aromatic rings. The molecule has 2 aromatic carbocycles. The van der Waals surface area contributed by atoms with Crippen LogP contribution in [-0.4, -0.2) is 11.1 Å². The van der Waals surface area contributed by atoms with Gasteiger partial charge < -0.3 is 9.84 Å². The van der Waals surface area contributed by atoms with Gasteiger partial charge in [-0.3, -0.25) is 10.1 Å². The zero-order valence-corrected chi connectivity index (χ0v) is 15.2. The molecule has 1 heterocycles. The topological polar surface area (TPSA) is 67.2 Å². The van der Waals surface area contributed by atoms with Gasteiger partial charge in [0.1, 0.15) is 11.8 Å². The van der Waals surface area contributed by atoms with E-state index in [1.165, 1.54) is 11.1 Å². The van der Waals surface area contributed by atoms with E-state index in [9.17, 15) is 4.79 Å². The lowest BCUT2D eigenvalue weighted by molar-refractivity contribution is -0.118. The Labute approximate surface area is 153 Å². The molecule has 0 fully saturated rings. The molecule has 1 amide bonds. The molecule has 0 aliphatic rings. The maximum atomic E-state index is 12.9. The van der Waals surface area contributed by atoms with Crippen LogP contribution >= 0.6 is 0 Å². The lowest BCUT2D eigenvalue weighted by Crippen LogP contribution is -2.35.